The van der Waals surface area contributed by atoms with E-state index in [9.17, 15) is 9.59 Å². The number of amides is 1. The van der Waals surface area contributed by atoms with E-state index in [2.05, 4.69) is 5.32 Å². The van der Waals surface area contributed by atoms with Crippen LogP contribution >= 0.6 is 45.9 Å². The summed E-state index contributed by atoms with van der Waals surface area (Å²) in [6.07, 6.45) is 0. The van der Waals surface area contributed by atoms with Gasteiger partial charge in [0.05, 0.1) is 21.5 Å². The normalized spacial score (nSPS) is 10.6. The Labute approximate surface area is 156 Å². The minimum absolute atomic E-state index is 0.00306. The zero-order valence-electron chi connectivity index (χ0n) is 12.2. The largest absolute Gasteiger partial charge is 0.347 e. The minimum Gasteiger partial charge on any atom is -0.347 e. The Kier molecular flexibility index (Phi) is 5.36. The van der Waals surface area contributed by atoms with E-state index in [4.69, 9.17) is 23.2 Å². The topological polar surface area (TPSA) is 46.2 Å². The molecule has 0 spiro atoms. The van der Waals surface area contributed by atoms with Gasteiger partial charge in [-0.05, 0) is 41.8 Å². The Hall–Kier alpha value is -1.66. The van der Waals surface area contributed by atoms with Crippen LogP contribution in [-0.4, -0.2) is 11.7 Å². The van der Waals surface area contributed by atoms with Crippen LogP contribution in [0, 0.1) is 0 Å². The maximum atomic E-state index is 12.3. The molecule has 1 amide bonds. The highest BCUT2D eigenvalue weighted by molar-refractivity contribution is 7.14. The maximum Gasteiger partial charge on any atom is 0.251 e. The van der Waals surface area contributed by atoms with Gasteiger partial charge in [0.25, 0.3) is 5.91 Å². The lowest BCUT2D eigenvalue weighted by atomic mass is 10.2. The van der Waals surface area contributed by atoms with E-state index in [1.165, 1.54) is 28.7 Å². The Balaban J connectivity index is 1.64. The van der Waals surface area contributed by atoms with Crippen molar-refractivity contribution in [2.24, 2.45) is 0 Å². The highest BCUT2D eigenvalue weighted by Gasteiger charge is 2.13. The lowest BCUT2D eigenvalue weighted by Gasteiger charge is -2.05. The molecular weight excluding hydrogens is 385 g/mol. The number of carbonyl (C=O) groups excluding carboxylic acids is 2. The molecule has 2 heterocycles. The van der Waals surface area contributed by atoms with Crippen LogP contribution in [0.15, 0.2) is 47.2 Å². The number of halogens is 2. The second-order valence-corrected chi connectivity index (χ2v) is 7.68. The highest BCUT2D eigenvalue weighted by atomic mass is 35.5. The van der Waals surface area contributed by atoms with E-state index in [1.54, 1.807) is 24.3 Å². The molecule has 122 valence electrons. The van der Waals surface area contributed by atoms with Crippen LogP contribution in [-0.2, 0) is 6.54 Å². The second-order valence-electron chi connectivity index (χ2n) is 4.92. The van der Waals surface area contributed by atoms with E-state index in [0.29, 0.717) is 32.6 Å². The molecule has 0 fully saturated rings. The van der Waals surface area contributed by atoms with Crippen molar-refractivity contribution in [1.82, 2.24) is 5.32 Å². The fourth-order valence-electron chi connectivity index (χ4n) is 2.04. The van der Waals surface area contributed by atoms with E-state index < -0.39 is 0 Å². The summed E-state index contributed by atoms with van der Waals surface area (Å²) in [6, 6.07) is 10.2. The Morgan fingerprint density at radius 3 is 2.54 bits per heavy atom. The molecule has 0 saturated carbocycles. The van der Waals surface area contributed by atoms with Gasteiger partial charge in [0, 0.05) is 21.4 Å². The number of ketones is 1. The van der Waals surface area contributed by atoms with Crippen LogP contribution in [0.3, 0.4) is 0 Å². The molecule has 24 heavy (non-hydrogen) atoms. The average molecular weight is 396 g/mol. The van der Waals surface area contributed by atoms with E-state index >= 15 is 0 Å². The number of carbonyl (C=O) groups is 2. The third kappa shape index (κ3) is 3.87. The lowest BCUT2D eigenvalue weighted by Crippen LogP contribution is -2.22. The summed E-state index contributed by atoms with van der Waals surface area (Å²) in [5.74, 6) is -0.240. The van der Waals surface area contributed by atoms with Gasteiger partial charge in [-0.3, -0.25) is 9.59 Å². The van der Waals surface area contributed by atoms with Gasteiger partial charge in [-0.25, -0.2) is 0 Å². The van der Waals surface area contributed by atoms with Crippen LogP contribution < -0.4 is 5.32 Å². The van der Waals surface area contributed by atoms with Gasteiger partial charge in [-0.1, -0.05) is 23.2 Å². The molecule has 0 radical (unpaired) electrons. The number of nitrogens with one attached hydrogen (secondary N) is 1. The third-order valence-corrected chi connectivity index (χ3v) is 5.78. The van der Waals surface area contributed by atoms with Gasteiger partial charge in [-0.2, -0.15) is 11.3 Å². The SMILES string of the molecule is O=C(NCc1ccc(C(=O)c2ccsc2)s1)c1ccc(Cl)c(Cl)c1. The molecular formula is C17H11Cl2NO2S2. The molecule has 0 atom stereocenters. The first-order valence-electron chi connectivity index (χ1n) is 6.93. The van der Waals surface area contributed by atoms with Crippen molar-refractivity contribution in [2.75, 3.05) is 0 Å². The summed E-state index contributed by atoms with van der Waals surface area (Å²) < 4.78 is 0. The summed E-state index contributed by atoms with van der Waals surface area (Å²) in [5.41, 5.74) is 1.13. The third-order valence-electron chi connectivity index (χ3n) is 3.27. The van der Waals surface area contributed by atoms with Crippen molar-refractivity contribution in [1.29, 1.82) is 0 Å². The quantitative estimate of drug-likeness (QED) is 0.597. The first kappa shape index (κ1) is 17.2. The number of hydrogen-bond acceptors (Lipinski definition) is 4. The van der Waals surface area contributed by atoms with Crippen molar-refractivity contribution < 1.29 is 9.59 Å². The van der Waals surface area contributed by atoms with E-state index in [0.717, 1.165) is 4.88 Å². The van der Waals surface area contributed by atoms with Gasteiger partial charge < -0.3 is 5.32 Å². The first-order valence-corrected chi connectivity index (χ1v) is 9.45. The van der Waals surface area contributed by atoms with Crippen LogP contribution in [0.1, 0.15) is 30.5 Å². The predicted octanol–water partition coefficient (Wildman–Crippen LogP) is 5.28. The molecule has 0 aliphatic rings. The molecule has 1 aromatic carbocycles. The van der Waals surface area contributed by atoms with Crippen LogP contribution in [0.25, 0.3) is 0 Å². The van der Waals surface area contributed by atoms with Gasteiger partial charge >= 0.3 is 0 Å². The lowest BCUT2D eigenvalue weighted by molar-refractivity contribution is 0.0950. The van der Waals surface area contributed by atoms with Crippen molar-refractivity contribution in [3.05, 3.63) is 78.1 Å². The molecule has 0 unspecified atom stereocenters. The van der Waals surface area contributed by atoms with Crippen molar-refractivity contribution >= 4 is 57.6 Å². The second kappa shape index (κ2) is 7.49. The van der Waals surface area contributed by atoms with Crippen LogP contribution in [0.5, 0.6) is 0 Å². The molecule has 0 saturated heterocycles. The van der Waals surface area contributed by atoms with Gasteiger partial charge in [0.15, 0.2) is 0 Å². The smallest absolute Gasteiger partial charge is 0.251 e. The van der Waals surface area contributed by atoms with E-state index in [-0.39, 0.29) is 11.7 Å². The molecule has 3 nitrogen and oxygen atoms in total. The fraction of sp³-hybridized carbons (Fsp3) is 0.0588. The monoisotopic (exact) mass is 395 g/mol. The fourth-order valence-corrected chi connectivity index (χ4v) is 3.88. The molecule has 3 aromatic rings. The van der Waals surface area contributed by atoms with Gasteiger partial charge in [0.2, 0.25) is 5.78 Å². The summed E-state index contributed by atoms with van der Waals surface area (Å²) in [5, 5.41) is 7.25. The summed E-state index contributed by atoms with van der Waals surface area (Å²) in [7, 11) is 0. The van der Waals surface area contributed by atoms with Crippen molar-refractivity contribution in [2.45, 2.75) is 6.54 Å². The number of hydrogen-bond donors (Lipinski definition) is 1. The number of rotatable bonds is 5. The van der Waals surface area contributed by atoms with Crippen LogP contribution in [0.2, 0.25) is 10.0 Å². The zero-order chi connectivity index (χ0) is 17.1. The average Bonchev–Trinajstić information content (AvgIpc) is 3.26. The van der Waals surface area contributed by atoms with Gasteiger partial charge in [-0.15, -0.1) is 11.3 Å². The van der Waals surface area contributed by atoms with Gasteiger partial charge in [0.1, 0.15) is 0 Å². The Morgan fingerprint density at radius 1 is 1.00 bits per heavy atom. The molecule has 7 heteroatoms. The Bertz CT molecular complexity index is 888. The Morgan fingerprint density at radius 2 is 1.83 bits per heavy atom. The minimum atomic E-state index is -0.243. The van der Waals surface area contributed by atoms with Crippen molar-refractivity contribution in [3.63, 3.8) is 0 Å². The number of benzene rings is 1. The summed E-state index contributed by atoms with van der Waals surface area (Å²) in [6.45, 7) is 0.348. The molecule has 0 bridgehead atoms. The standard InChI is InChI=1S/C17H11Cl2NO2S2/c18-13-3-1-10(7-14(13)19)17(22)20-8-12-2-4-15(24-12)16(21)11-5-6-23-9-11/h1-7,9H,8H2,(H,20,22). The first-order chi connectivity index (χ1) is 11.5. The summed E-state index contributed by atoms with van der Waals surface area (Å²) >= 11 is 14.6. The molecule has 0 aliphatic heterocycles. The van der Waals surface area contributed by atoms with Crippen LogP contribution in [0.4, 0.5) is 0 Å². The van der Waals surface area contributed by atoms with E-state index in [1.807, 2.05) is 16.8 Å². The molecule has 1 N–H and O–H groups in total. The molecule has 0 aliphatic carbocycles. The predicted molar refractivity (Wildman–Crippen MR) is 99.7 cm³/mol. The zero-order valence-corrected chi connectivity index (χ0v) is 15.4. The maximum absolute atomic E-state index is 12.3. The number of thiophene rings is 2. The van der Waals surface area contributed by atoms with Crippen molar-refractivity contribution in [3.8, 4) is 0 Å². The summed E-state index contributed by atoms with van der Waals surface area (Å²) in [4.78, 5) is 26.0. The molecule has 3 rings (SSSR count). The highest BCUT2D eigenvalue weighted by Crippen LogP contribution is 2.23. The molecule has 2 aromatic heterocycles.